The van der Waals surface area contributed by atoms with Crippen molar-refractivity contribution >= 4 is 0 Å². The van der Waals surface area contributed by atoms with Gasteiger partial charge in [-0.05, 0) is 18.8 Å². The third-order valence-corrected chi connectivity index (χ3v) is 3.30. The molecule has 3 nitrogen and oxygen atoms in total. The Kier molecular flexibility index (Phi) is 3.10. The van der Waals surface area contributed by atoms with Crippen molar-refractivity contribution < 1.29 is 5.11 Å². The summed E-state index contributed by atoms with van der Waals surface area (Å²) >= 11 is 0. The van der Waals surface area contributed by atoms with Crippen molar-refractivity contribution in [1.29, 1.82) is 0 Å². The first-order chi connectivity index (χ1) is 7.24. The Balaban J connectivity index is 2.33. The maximum atomic E-state index is 9.27. The molecule has 1 saturated carbocycles. The predicted octanol–water partition coefficient (Wildman–Crippen LogP) is 2.61. The highest BCUT2D eigenvalue weighted by atomic mass is 16.3. The Morgan fingerprint density at radius 1 is 1.47 bits per heavy atom. The van der Waals surface area contributed by atoms with Gasteiger partial charge in [-0.3, -0.25) is 4.68 Å². The van der Waals surface area contributed by atoms with Crippen LogP contribution in [0.15, 0.2) is 6.20 Å². The monoisotopic (exact) mass is 208 g/mol. The van der Waals surface area contributed by atoms with E-state index >= 15 is 0 Å². The molecule has 15 heavy (non-hydrogen) atoms. The van der Waals surface area contributed by atoms with Crippen LogP contribution in [0.25, 0.3) is 0 Å². The van der Waals surface area contributed by atoms with Gasteiger partial charge in [-0.25, -0.2) is 0 Å². The van der Waals surface area contributed by atoms with E-state index in [-0.39, 0.29) is 6.61 Å². The quantitative estimate of drug-likeness (QED) is 0.829. The van der Waals surface area contributed by atoms with Gasteiger partial charge in [-0.1, -0.05) is 26.7 Å². The molecule has 1 fully saturated rings. The van der Waals surface area contributed by atoms with Gasteiger partial charge >= 0.3 is 0 Å². The zero-order valence-electron chi connectivity index (χ0n) is 9.61. The number of hydrogen-bond acceptors (Lipinski definition) is 2. The third-order valence-electron chi connectivity index (χ3n) is 3.30. The summed E-state index contributed by atoms with van der Waals surface area (Å²) in [6, 6.07) is 0.572. The fourth-order valence-electron chi connectivity index (χ4n) is 2.60. The summed E-state index contributed by atoms with van der Waals surface area (Å²) in [7, 11) is 0. The molecule has 0 atom stereocenters. The number of nitrogens with zero attached hydrogens (tertiary/aromatic N) is 2. The van der Waals surface area contributed by atoms with Crippen LogP contribution in [0.3, 0.4) is 0 Å². The van der Waals surface area contributed by atoms with Crippen LogP contribution in [0, 0.1) is 0 Å². The minimum Gasteiger partial charge on any atom is -0.392 e. The molecule has 2 rings (SSSR count). The lowest BCUT2D eigenvalue weighted by Gasteiger charge is -2.17. The van der Waals surface area contributed by atoms with Gasteiger partial charge in [0.15, 0.2) is 0 Å². The summed E-state index contributed by atoms with van der Waals surface area (Å²) in [6.07, 6.45) is 6.94. The first kappa shape index (κ1) is 10.7. The van der Waals surface area contributed by atoms with Crippen molar-refractivity contribution in [3.63, 3.8) is 0 Å². The third kappa shape index (κ3) is 1.93. The van der Waals surface area contributed by atoms with E-state index in [1.165, 1.54) is 31.4 Å². The lowest BCUT2D eigenvalue weighted by atomic mass is 10.1. The van der Waals surface area contributed by atoms with Gasteiger partial charge in [0.1, 0.15) is 0 Å². The van der Waals surface area contributed by atoms with Crippen molar-refractivity contribution in [2.75, 3.05) is 0 Å². The second-order valence-corrected chi connectivity index (χ2v) is 4.75. The summed E-state index contributed by atoms with van der Waals surface area (Å²) < 4.78 is 2.16. The molecular weight excluding hydrogens is 188 g/mol. The highest BCUT2D eigenvalue weighted by Crippen LogP contribution is 2.32. The number of aliphatic hydroxyl groups is 1. The number of aliphatic hydroxyl groups excluding tert-OH is 1. The van der Waals surface area contributed by atoms with Gasteiger partial charge in [0, 0.05) is 11.3 Å². The summed E-state index contributed by atoms with van der Waals surface area (Å²) in [5, 5.41) is 13.7. The predicted molar refractivity (Wildman–Crippen MR) is 59.7 cm³/mol. The normalized spacial score (nSPS) is 17.9. The molecule has 0 aromatic carbocycles. The zero-order valence-corrected chi connectivity index (χ0v) is 9.61. The first-order valence-electron chi connectivity index (χ1n) is 5.91. The van der Waals surface area contributed by atoms with Gasteiger partial charge < -0.3 is 5.11 Å². The van der Waals surface area contributed by atoms with Crippen molar-refractivity contribution in [2.45, 2.75) is 58.1 Å². The second kappa shape index (κ2) is 4.35. The molecule has 3 heteroatoms. The molecule has 1 aliphatic rings. The Bertz CT molecular complexity index is 324. The van der Waals surface area contributed by atoms with E-state index in [9.17, 15) is 5.11 Å². The number of aromatic nitrogens is 2. The van der Waals surface area contributed by atoms with Gasteiger partial charge in [-0.15, -0.1) is 0 Å². The second-order valence-electron chi connectivity index (χ2n) is 4.75. The maximum absolute atomic E-state index is 9.27. The molecule has 0 radical (unpaired) electrons. The van der Waals surface area contributed by atoms with Crippen molar-refractivity contribution in [3.05, 3.63) is 17.5 Å². The van der Waals surface area contributed by atoms with E-state index in [0.717, 1.165) is 5.56 Å². The lowest BCUT2D eigenvalue weighted by molar-refractivity contribution is 0.279. The van der Waals surface area contributed by atoms with Crippen molar-refractivity contribution in [2.24, 2.45) is 0 Å². The maximum Gasteiger partial charge on any atom is 0.0715 e. The molecule has 0 bridgehead atoms. The topological polar surface area (TPSA) is 38.1 Å². The minimum atomic E-state index is 0.111. The van der Waals surface area contributed by atoms with E-state index in [2.05, 4.69) is 23.6 Å². The Hall–Kier alpha value is -0.830. The smallest absolute Gasteiger partial charge is 0.0715 e. The van der Waals surface area contributed by atoms with Crippen LogP contribution < -0.4 is 0 Å². The van der Waals surface area contributed by atoms with Crippen LogP contribution in [0.1, 0.15) is 62.7 Å². The molecule has 1 aromatic heterocycles. The summed E-state index contributed by atoms with van der Waals surface area (Å²) in [6.45, 7) is 4.45. The van der Waals surface area contributed by atoms with Crippen LogP contribution >= 0.6 is 0 Å². The SMILES string of the molecule is CC(C)c1c(CO)cnn1C1CCCC1. The van der Waals surface area contributed by atoms with Crippen molar-refractivity contribution in [3.8, 4) is 0 Å². The highest BCUT2D eigenvalue weighted by molar-refractivity contribution is 5.20. The fraction of sp³-hybridized carbons (Fsp3) is 0.750. The van der Waals surface area contributed by atoms with E-state index in [4.69, 9.17) is 0 Å². The van der Waals surface area contributed by atoms with Crippen LogP contribution in [0.2, 0.25) is 0 Å². The molecule has 0 unspecified atom stereocenters. The minimum absolute atomic E-state index is 0.111. The molecule has 84 valence electrons. The van der Waals surface area contributed by atoms with E-state index in [1.54, 1.807) is 0 Å². The number of hydrogen-bond donors (Lipinski definition) is 1. The van der Waals surface area contributed by atoms with Crippen LogP contribution in [0.4, 0.5) is 0 Å². The first-order valence-corrected chi connectivity index (χ1v) is 5.91. The molecule has 1 heterocycles. The van der Waals surface area contributed by atoms with Gasteiger partial charge in [0.25, 0.3) is 0 Å². The highest BCUT2D eigenvalue weighted by Gasteiger charge is 2.23. The standard InChI is InChI=1S/C12H20N2O/c1-9(2)12-10(8-15)7-13-14(12)11-5-3-4-6-11/h7,9,11,15H,3-6,8H2,1-2H3. The van der Waals surface area contributed by atoms with Crippen LogP contribution in [0.5, 0.6) is 0 Å². The number of rotatable bonds is 3. The summed E-state index contributed by atoms with van der Waals surface area (Å²) in [4.78, 5) is 0. The van der Waals surface area contributed by atoms with Crippen LogP contribution in [-0.4, -0.2) is 14.9 Å². The van der Waals surface area contributed by atoms with E-state index in [0.29, 0.717) is 12.0 Å². The molecule has 1 N–H and O–H groups in total. The molecule has 1 aliphatic carbocycles. The van der Waals surface area contributed by atoms with Crippen LogP contribution in [-0.2, 0) is 6.61 Å². The zero-order chi connectivity index (χ0) is 10.8. The Labute approximate surface area is 91.1 Å². The molecule has 0 amide bonds. The van der Waals surface area contributed by atoms with Gasteiger partial charge in [-0.2, -0.15) is 5.10 Å². The van der Waals surface area contributed by atoms with Crippen molar-refractivity contribution in [1.82, 2.24) is 9.78 Å². The Morgan fingerprint density at radius 3 is 2.67 bits per heavy atom. The average molecular weight is 208 g/mol. The molecular formula is C12H20N2O. The molecule has 0 saturated heterocycles. The van der Waals surface area contributed by atoms with Gasteiger partial charge in [0.2, 0.25) is 0 Å². The van der Waals surface area contributed by atoms with E-state index < -0.39 is 0 Å². The summed E-state index contributed by atoms with van der Waals surface area (Å²) in [5.41, 5.74) is 2.22. The molecule has 1 aromatic rings. The lowest BCUT2D eigenvalue weighted by Crippen LogP contribution is -2.12. The largest absolute Gasteiger partial charge is 0.392 e. The van der Waals surface area contributed by atoms with E-state index in [1.807, 2.05) is 6.20 Å². The molecule has 0 aliphatic heterocycles. The fourth-order valence-corrected chi connectivity index (χ4v) is 2.60. The average Bonchev–Trinajstić information content (AvgIpc) is 2.85. The Morgan fingerprint density at radius 2 is 2.13 bits per heavy atom. The molecule has 0 spiro atoms. The van der Waals surface area contributed by atoms with Gasteiger partial charge in [0.05, 0.1) is 18.8 Å². The summed E-state index contributed by atoms with van der Waals surface area (Å²) in [5.74, 6) is 0.440.